The minimum atomic E-state index is -0.408. The van der Waals surface area contributed by atoms with Crippen molar-refractivity contribution in [1.29, 1.82) is 0 Å². The molecule has 1 N–H and O–H groups in total. The molecule has 1 atom stereocenters. The van der Waals surface area contributed by atoms with Gasteiger partial charge in [0.1, 0.15) is 0 Å². The number of carbonyl (C=O) groups excluding carboxylic acids is 1. The van der Waals surface area contributed by atoms with Gasteiger partial charge in [-0.3, -0.25) is 9.69 Å². The second kappa shape index (κ2) is 6.86. The smallest absolute Gasteiger partial charge is 0.320 e. The third-order valence-corrected chi connectivity index (χ3v) is 1.63. The van der Waals surface area contributed by atoms with Crippen LogP contribution in [0.2, 0.25) is 0 Å². The van der Waals surface area contributed by atoms with Gasteiger partial charge in [-0.25, -0.2) is 0 Å². The molecule has 0 rings (SSSR count). The van der Waals surface area contributed by atoms with Crippen LogP contribution in [0.1, 0.15) is 20.8 Å². The summed E-state index contributed by atoms with van der Waals surface area (Å²) in [6, 6.07) is 0. The molecule has 0 amide bonds. The number of hydrogen-bond acceptors (Lipinski definition) is 4. The summed E-state index contributed by atoms with van der Waals surface area (Å²) in [6.45, 7) is 7.34. The lowest BCUT2D eigenvalue weighted by Crippen LogP contribution is -2.35. The third-order valence-electron chi connectivity index (χ3n) is 1.63. The van der Waals surface area contributed by atoms with E-state index in [0.29, 0.717) is 13.2 Å². The lowest BCUT2D eigenvalue weighted by molar-refractivity contribution is -0.144. The minimum Gasteiger partial charge on any atom is -0.465 e. The highest BCUT2D eigenvalue weighted by molar-refractivity contribution is 5.71. The number of carbonyl (C=O) groups is 1. The monoisotopic (exact) mass is 189 g/mol. The van der Waals surface area contributed by atoms with Crippen LogP contribution < -0.4 is 0 Å². The Balaban J connectivity index is 3.76. The van der Waals surface area contributed by atoms with E-state index in [1.165, 1.54) is 0 Å². The molecule has 4 heteroatoms. The van der Waals surface area contributed by atoms with Crippen molar-refractivity contribution in [2.24, 2.45) is 0 Å². The van der Waals surface area contributed by atoms with Crippen LogP contribution in [0.5, 0.6) is 0 Å². The molecule has 0 heterocycles. The summed E-state index contributed by atoms with van der Waals surface area (Å²) < 4.78 is 4.79. The predicted molar refractivity (Wildman–Crippen MR) is 50.4 cm³/mol. The van der Waals surface area contributed by atoms with E-state index < -0.39 is 6.10 Å². The molecule has 0 saturated heterocycles. The van der Waals surface area contributed by atoms with Crippen molar-refractivity contribution in [3.63, 3.8) is 0 Å². The zero-order valence-electron chi connectivity index (χ0n) is 8.62. The number of nitrogens with zero attached hydrogens (tertiary/aromatic N) is 1. The van der Waals surface area contributed by atoms with Crippen LogP contribution in [0.25, 0.3) is 0 Å². The van der Waals surface area contributed by atoms with Crippen LogP contribution in [0.4, 0.5) is 0 Å². The molecule has 0 spiro atoms. The number of likely N-dealkylation sites (N-methyl/N-ethyl adjacent to an activating group) is 1. The van der Waals surface area contributed by atoms with E-state index in [1.807, 2.05) is 11.8 Å². The molecule has 0 fully saturated rings. The number of hydrogen-bond donors (Lipinski definition) is 1. The molecule has 0 saturated carbocycles. The Labute approximate surface area is 79.5 Å². The minimum absolute atomic E-state index is 0.231. The number of esters is 1. The van der Waals surface area contributed by atoms with Gasteiger partial charge in [0, 0.05) is 6.54 Å². The van der Waals surface area contributed by atoms with Crippen molar-refractivity contribution in [3.05, 3.63) is 0 Å². The first-order valence-corrected chi connectivity index (χ1v) is 4.66. The maximum Gasteiger partial charge on any atom is 0.320 e. The zero-order chi connectivity index (χ0) is 10.3. The van der Waals surface area contributed by atoms with Gasteiger partial charge < -0.3 is 9.84 Å². The van der Waals surface area contributed by atoms with E-state index >= 15 is 0 Å². The quantitative estimate of drug-likeness (QED) is 0.609. The molecule has 78 valence electrons. The van der Waals surface area contributed by atoms with Crippen molar-refractivity contribution in [1.82, 2.24) is 4.90 Å². The Kier molecular flexibility index (Phi) is 6.54. The highest BCUT2D eigenvalue weighted by Crippen LogP contribution is 1.93. The van der Waals surface area contributed by atoms with Crippen LogP contribution in [-0.4, -0.2) is 48.3 Å². The Hall–Kier alpha value is -0.610. The summed E-state index contributed by atoms with van der Waals surface area (Å²) in [7, 11) is 0. The van der Waals surface area contributed by atoms with E-state index in [9.17, 15) is 4.79 Å². The fourth-order valence-electron chi connectivity index (χ4n) is 1.07. The third kappa shape index (κ3) is 6.54. The van der Waals surface area contributed by atoms with Gasteiger partial charge in [-0.1, -0.05) is 6.92 Å². The van der Waals surface area contributed by atoms with Crippen molar-refractivity contribution in [2.45, 2.75) is 26.9 Å². The van der Waals surface area contributed by atoms with Crippen LogP contribution in [0.15, 0.2) is 0 Å². The molecule has 1 unspecified atom stereocenters. The molecule has 0 radical (unpaired) electrons. The Morgan fingerprint density at radius 2 is 2.15 bits per heavy atom. The molecule has 0 aliphatic rings. The first-order chi connectivity index (χ1) is 6.10. The molecule has 4 nitrogen and oxygen atoms in total. The second-order valence-corrected chi connectivity index (χ2v) is 2.98. The Morgan fingerprint density at radius 1 is 1.54 bits per heavy atom. The van der Waals surface area contributed by atoms with Crippen molar-refractivity contribution in [3.8, 4) is 0 Å². The van der Waals surface area contributed by atoms with Crippen LogP contribution >= 0.6 is 0 Å². The topological polar surface area (TPSA) is 49.8 Å². The molecule has 0 aromatic heterocycles. The number of rotatable bonds is 6. The standard InChI is InChI=1S/C9H19NO3/c1-4-10(6-8(3)11)7-9(12)13-5-2/h8,11H,4-7H2,1-3H3. The molecule has 0 aliphatic heterocycles. The number of ether oxygens (including phenoxy) is 1. The summed E-state index contributed by atoms with van der Waals surface area (Å²) in [5, 5.41) is 9.10. The zero-order valence-corrected chi connectivity index (χ0v) is 8.62. The largest absolute Gasteiger partial charge is 0.465 e. The first-order valence-electron chi connectivity index (χ1n) is 4.66. The van der Waals surface area contributed by atoms with Gasteiger partial charge in [-0.2, -0.15) is 0 Å². The maximum atomic E-state index is 11.0. The fourth-order valence-corrected chi connectivity index (χ4v) is 1.07. The molecule has 0 aromatic rings. The summed E-state index contributed by atoms with van der Waals surface area (Å²) in [5.41, 5.74) is 0. The first kappa shape index (κ1) is 12.4. The van der Waals surface area contributed by atoms with Gasteiger partial charge in [0.15, 0.2) is 0 Å². The lowest BCUT2D eigenvalue weighted by Gasteiger charge is -2.20. The summed E-state index contributed by atoms with van der Waals surface area (Å²) in [5.74, 6) is -0.231. The Bertz CT molecular complexity index is 148. The molecule has 0 aliphatic carbocycles. The van der Waals surface area contributed by atoms with Gasteiger partial charge in [0.2, 0.25) is 0 Å². The van der Waals surface area contributed by atoms with E-state index in [4.69, 9.17) is 9.84 Å². The summed E-state index contributed by atoms with van der Waals surface area (Å²) in [6.07, 6.45) is -0.408. The highest BCUT2D eigenvalue weighted by atomic mass is 16.5. The average Bonchev–Trinajstić information content (AvgIpc) is 2.02. The molecular weight excluding hydrogens is 170 g/mol. The van der Waals surface area contributed by atoms with Crippen LogP contribution in [0, 0.1) is 0 Å². The van der Waals surface area contributed by atoms with E-state index in [-0.39, 0.29) is 12.5 Å². The van der Waals surface area contributed by atoms with Crippen LogP contribution in [0.3, 0.4) is 0 Å². The molecule has 13 heavy (non-hydrogen) atoms. The van der Waals surface area contributed by atoms with Gasteiger partial charge >= 0.3 is 5.97 Å². The summed E-state index contributed by atoms with van der Waals surface area (Å²) in [4.78, 5) is 12.9. The summed E-state index contributed by atoms with van der Waals surface area (Å²) >= 11 is 0. The van der Waals surface area contributed by atoms with E-state index in [0.717, 1.165) is 6.54 Å². The van der Waals surface area contributed by atoms with Crippen LogP contribution in [-0.2, 0) is 9.53 Å². The SMILES string of the molecule is CCOC(=O)CN(CC)CC(C)O. The lowest BCUT2D eigenvalue weighted by atomic mass is 10.3. The molecule has 0 aromatic carbocycles. The van der Waals surface area contributed by atoms with Gasteiger partial charge in [-0.05, 0) is 20.4 Å². The van der Waals surface area contributed by atoms with Crippen molar-refractivity contribution >= 4 is 5.97 Å². The molecule has 0 bridgehead atoms. The second-order valence-electron chi connectivity index (χ2n) is 2.98. The van der Waals surface area contributed by atoms with Gasteiger partial charge in [0.05, 0.1) is 19.3 Å². The van der Waals surface area contributed by atoms with Gasteiger partial charge in [0.25, 0.3) is 0 Å². The van der Waals surface area contributed by atoms with Crippen molar-refractivity contribution < 1.29 is 14.6 Å². The normalized spacial score (nSPS) is 13.0. The highest BCUT2D eigenvalue weighted by Gasteiger charge is 2.11. The van der Waals surface area contributed by atoms with Gasteiger partial charge in [-0.15, -0.1) is 0 Å². The number of aliphatic hydroxyl groups is 1. The van der Waals surface area contributed by atoms with E-state index in [2.05, 4.69) is 0 Å². The average molecular weight is 189 g/mol. The fraction of sp³-hybridized carbons (Fsp3) is 0.889. The predicted octanol–water partition coefficient (Wildman–Crippen LogP) is 0.252. The maximum absolute atomic E-state index is 11.0. The Morgan fingerprint density at radius 3 is 2.54 bits per heavy atom. The molecular formula is C9H19NO3. The van der Waals surface area contributed by atoms with Crippen molar-refractivity contribution in [2.75, 3.05) is 26.2 Å². The van der Waals surface area contributed by atoms with E-state index in [1.54, 1.807) is 13.8 Å². The number of aliphatic hydroxyl groups excluding tert-OH is 1.